The van der Waals surface area contributed by atoms with Crippen LogP contribution in [0.3, 0.4) is 0 Å². The van der Waals surface area contributed by atoms with Gasteiger partial charge in [-0.15, -0.1) is 23.2 Å². The maximum Gasteiger partial charge on any atom is 0.252 e. The van der Waals surface area contributed by atoms with Crippen molar-refractivity contribution >= 4 is 29.1 Å². The lowest BCUT2D eigenvalue weighted by molar-refractivity contribution is 0.0920. The Bertz CT molecular complexity index is 417. The van der Waals surface area contributed by atoms with Gasteiger partial charge < -0.3 is 10.4 Å². The van der Waals surface area contributed by atoms with Gasteiger partial charge in [-0.3, -0.25) is 4.79 Å². The van der Waals surface area contributed by atoms with Crippen LogP contribution in [0.15, 0.2) is 18.2 Å². The smallest absolute Gasteiger partial charge is 0.252 e. The number of phenolic OH excluding ortho intramolecular Hbond substituents is 1. The van der Waals surface area contributed by atoms with Crippen molar-refractivity contribution in [2.24, 2.45) is 0 Å². The van der Waals surface area contributed by atoms with E-state index in [1.165, 1.54) is 6.07 Å². The summed E-state index contributed by atoms with van der Waals surface area (Å²) in [5.41, 5.74) is 0.306. The molecule has 0 aliphatic rings. The summed E-state index contributed by atoms with van der Waals surface area (Å²) in [6.07, 6.45) is 0. The number of benzene rings is 1. The van der Waals surface area contributed by atoms with Gasteiger partial charge in [0.05, 0.1) is 5.54 Å². The van der Waals surface area contributed by atoms with Gasteiger partial charge in [0.25, 0.3) is 5.91 Å². The molecule has 5 heteroatoms. The summed E-state index contributed by atoms with van der Waals surface area (Å²) in [5.74, 6) is 0.249. The summed E-state index contributed by atoms with van der Waals surface area (Å²) < 4.78 is 0. The van der Waals surface area contributed by atoms with Gasteiger partial charge in [-0.05, 0) is 26.0 Å². The number of phenols is 1. The van der Waals surface area contributed by atoms with Crippen LogP contribution in [0.2, 0.25) is 0 Å². The molecule has 1 aromatic rings. The van der Waals surface area contributed by atoms with Gasteiger partial charge in [-0.1, -0.05) is 6.07 Å². The van der Waals surface area contributed by atoms with E-state index in [-0.39, 0.29) is 23.4 Å². The average Bonchev–Trinajstić information content (AvgIpc) is 2.32. The highest BCUT2D eigenvalue weighted by atomic mass is 35.5. The third-order valence-electron chi connectivity index (χ3n) is 2.56. The predicted molar refractivity (Wildman–Crippen MR) is 70.2 cm³/mol. The third-order valence-corrected chi connectivity index (χ3v) is 3.73. The monoisotopic (exact) mass is 275 g/mol. The van der Waals surface area contributed by atoms with Gasteiger partial charge in [0.15, 0.2) is 0 Å². The van der Waals surface area contributed by atoms with E-state index in [0.717, 1.165) is 0 Å². The van der Waals surface area contributed by atoms with E-state index < -0.39 is 5.54 Å². The molecule has 17 heavy (non-hydrogen) atoms. The van der Waals surface area contributed by atoms with Crippen molar-refractivity contribution in [3.63, 3.8) is 0 Å². The van der Waals surface area contributed by atoms with Crippen molar-refractivity contribution in [2.45, 2.75) is 19.4 Å². The van der Waals surface area contributed by atoms with Crippen LogP contribution in [0.1, 0.15) is 22.8 Å². The highest BCUT2D eigenvalue weighted by Crippen LogP contribution is 2.20. The first-order chi connectivity index (χ1) is 7.93. The number of amides is 1. The van der Waals surface area contributed by atoms with Gasteiger partial charge in [-0.2, -0.15) is 0 Å². The number of hydrogen-bond donors (Lipinski definition) is 2. The Morgan fingerprint density at radius 3 is 2.53 bits per heavy atom. The maximum atomic E-state index is 12.0. The second kappa shape index (κ2) is 5.61. The first-order valence-electron chi connectivity index (χ1n) is 5.16. The zero-order chi connectivity index (χ0) is 13.1. The molecule has 0 heterocycles. The lowest BCUT2D eigenvalue weighted by Gasteiger charge is -2.26. The molecular weight excluding hydrogens is 261 g/mol. The normalized spacial score (nSPS) is 11.3. The van der Waals surface area contributed by atoms with Gasteiger partial charge in [0.1, 0.15) is 5.75 Å². The first-order valence-corrected chi connectivity index (χ1v) is 6.23. The second-order valence-corrected chi connectivity index (χ2v) is 4.77. The topological polar surface area (TPSA) is 49.3 Å². The summed E-state index contributed by atoms with van der Waals surface area (Å²) in [4.78, 5) is 12.0. The summed E-state index contributed by atoms with van der Waals surface area (Å²) >= 11 is 11.5. The summed E-state index contributed by atoms with van der Waals surface area (Å²) in [6, 6.07) is 4.80. The number of carbonyl (C=O) groups is 1. The number of nitrogens with one attached hydrogen (secondary N) is 1. The average molecular weight is 276 g/mol. The SMILES string of the molecule is Cc1c(O)cccc1C(=O)NC(C)(CCl)CCl. The zero-order valence-electron chi connectivity index (χ0n) is 9.76. The zero-order valence-corrected chi connectivity index (χ0v) is 11.3. The van der Waals surface area contributed by atoms with Crippen molar-refractivity contribution in [1.29, 1.82) is 0 Å². The van der Waals surface area contributed by atoms with E-state index in [0.29, 0.717) is 11.1 Å². The number of halogens is 2. The standard InChI is InChI=1S/C12H15Cl2NO2/c1-8-9(4-3-5-10(8)16)11(17)15-12(2,6-13)7-14/h3-5,16H,6-7H2,1-2H3,(H,15,17). The summed E-state index contributed by atoms with van der Waals surface area (Å²) in [6.45, 7) is 3.45. The molecule has 0 bridgehead atoms. The molecule has 0 aromatic heterocycles. The Balaban J connectivity index is 2.94. The molecule has 0 spiro atoms. The molecule has 0 aliphatic carbocycles. The third kappa shape index (κ3) is 3.27. The molecule has 1 aromatic carbocycles. The van der Waals surface area contributed by atoms with E-state index in [9.17, 15) is 9.90 Å². The molecule has 0 unspecified atom stereocenters. The van der Waals surface area contributed by atoms with Crippen LogP contribution in [-0.4, -0.2) is 28.3 Å². The van der Waals surface area contributed by atoms with Crippen LogP contribution in [0.5, 0.6) is 5.75 Å². The van der Waals surface area contributed by atoms with Crippen molar-refractivity contribution in [3.8, 4) is 5.75 Å². The fraction of sp³-hybridized carbons (Fsp3) is 0.417. The molecule has 3 nitrogen and oxygen atoms in total. The summed E-state index contributed by atoms with van der Waals surface area (Å²) in [5, 5.41) is 12.3. The molecule has 0 fully saturated rings. The number of hydrogen-bond acceptors (Lipinski definition) is 2. The number of alkyl halides is 2. The highest BCUT2D eigenvalue weighted by molar-refractivity contribution is 6.22. The van der Waals surface area contributed by atoms with Crippen molar-refractivity contribution in [2.75, 3.05) is 11.8 Å². The first kappa shape index (κ1) is 14.1. The quantitative estimate of drug-likeness (QED) is 0.831. The van der Waals surface area contributed by atoms with Crippen LogP contribution >= 0.6 is 23.2 Å². The van der Waals surface area contributed by atoms with E-state index >= 15 is 0 Å². The molecule has 94 valence electrons. The molecule has 0 aliphatic heterocycles. The van der Waals surface area contributed by atoms with Gasteiger partial charge in [0.2, 0.25) is 0 Å². The number of rotatable bonds is 4. The Kier molecular flexibility index (Phi) is 4.66. The Morgan fingerprint density at radius 2 is 2.00 bits per heavy atom. The second-order valence-electron chi connectivity index (χ2n) is 4.23. The van der Waals surface area contributed by atoms with Gasteiger partial charge in [0, 0.05) is 22.9 Å². The molecule has 2 N–H and O–H groups in total. The molecule has 0 saturated carbocycles. The number of aromatic hydroxyl groups is 1. The van der Waals surface area contributed by atoms with Gasteiger partial charge >= 0.3 is 0 Å². The van der Waals surface area contributed by atoms with Crippen LogP contribution in [-0.2, 0) is 0 Å². The lowest BCUT2D eigenvalue weighted by Crippen LogP contribution is -2.49. The fourth-order valence-corrected chi connectivity index (χ4v) is 1.73. The van der Waals surface area contributed by atoms with Crippen LogP contribution in [0, 0.1) is 6.92 Å². The largest absolute Gasteiger partial charge is 0.508 e. The number of carbonyl (C=O) groups excluding carboxylic acids is 1. The molecule has 1 amide bonds. The van der Waals surface area contributed by atoms with Crippen LogP contribution < -0.4 is 5.32 Å². The predicted octanol–water partition coefficient (Wildman–Crippen LogP) is 2.67. The van der Waals surface area contributed by atoms with Crippen LogP contribution in [0.25, 0.3) is 0 Å². The molecule has 1 rings (SSSR count). The van der Waals surface area contributed by atoms with Crippen LogP contribution in [0.4, 0.5) is 0 Å². The fourth-order valence-electron chi connectivity index (χ4n) is 1.31. The molecule has 0 radical (unpaired) electrons. The minimum absolute atomic E-state index is 0.0936. The van der Waals surface area contributed by atoms with Crippen molar-refractivity contribution in [3.05, 3.63) is 29.3 Å². The maximum absolute atomic E-state index is 12.0. The Morgan fingerprint density at radius 1 is 1.41 bits per heavy atom. The van der Waals surface area contributed by atoms with Gasteiger partial charge in [-0.25, -0.2) is 0 Å². The molecule has 0 saturated heterocycles. The Labute approximate surface area is 111 Å². The van der Waals surface area contributed by atoms with Crippen molar-refractivity contribution in [1.82, 2.24) is 5.32 Å². The Hall–Kier alpha value is -0.930. The van der Waals surface area contributed by atoms with E-state index in [4.69, 9.17) is 23.2 Å². The molecular formula is C12H15Cl2NO2. The summed E-state index contributed by atoms with van der Waals surface area (Å²) in [7, 11) is 0. The lowest BCUT2D eigenvalue weighted by atomic mass is 10.0. The minimum atomic E-state index is -0.655. The van der Waals surface area contributed by atoms with Crippen molar-refractivity contribution < 1.29 is 9.90 Å². The molecule has 0 atom stereocenters. The van der Waals surface area contributed by atoms with E-state index in [1.54, 1.807) is 26.0 Å². The minimum Gasteiger partial charge on any atom is -0.508 e. The van der Waals surface area contributed by atoms with E-state index in [1.807, 2.05) is 0 Å². The highest BCUT2D eigenvalue weighted by Gasteiger charge is 2.25. The van der Waals surface area contributed by atoms with E-state index in [2.05, 4.69) is 5.32 Å².